The number of piperidine rings is 1. The third kappa shape index (κ3) is 1.14. The van der Waals surface area contributed by atoms with Gasteiger partial charge in [-0.3, -0.25) is 4.90 Å². The average molecular weight is 237 g/mol. The predicted molar refractivity (Wildman–Crippen MR) is 62.5 cm³/mol. The smallest absolute Gasteiger partial charge is 0.158 e. The van der Waals surface area contributed by atoms with Gasteiger partial charge in [-0.05, 0) is 19.4 Å². The van der Waals surface area contributed by atoms with Crippen LogP contribution in [0.3, 0.4) is 0 Å². The number of nitrogens with zero attached hydrogens (tertiary/aromatic N) is 3. The standard InChI is InChI=1S/C10H11N3S2/c1-2-6-4-13(3-1)5-7-8-10(12-15-11-8)14-9(6)7/h6H,1-5H2. The summed E-state index contributed by atoms with van der Waals surface area (Å²) in [6.07, 6.45) is 2.71. The molecule has 2 aromatic heterocycles. The van der Waals surface area contributed by atoms with Crippen molar-refractivity contribution in [3.63, 3.8) is 0 Å². The number of hydrogen-bond acceptors (Lipinski definition) is 5. The molecular formula is C10H11N3S2. The van der Waals surface area contributed by atoms with Crippen molar-refractivity contribution < 1.29 is 0 Å². The molecule has 2 aliphatic rings. The highest BCUT2D eigenvalue weighted by Gasteiger charge is 2.32. The van der Waals surface area contributed by atoms with Crippen molar-refractivity contribution >= 4 is 33.4 Å². The molecule has 0 aromatic carbocycles. The van der Waals surface area contributed by atoms with E-state index in [4.69, 9.17) is 0 Å². The van der Waals surface area contributed by atoms with Crippen LogP contribution in [0.1, 0.15) is 29.2 Å². The van der Waals surface area contributed by atoms with Gasteiger partial charge in [0.25, 0.3) is 0 Å². The molecular weight excluding hydrogens is 226 g/mol. The van der Waals surface area contributed by atoms with Gasteiger partial charge >= 0.3 is 0 Å². The summed E-state index contributed by atoms with van der Waals surface area (Å²) in [7, 11) is 0. The van der Waals surface area contributed by atoms with Crippen LogP contribution < -0.4 is 0 Å². The number of aromatic nitrogens is 2. The lowest BCUT2D eigenvalue weighted by Gasteiger charge is -2.37. The molecule has 2 aliphatic heterocycles. The van der Waals surface area contributed by atoms with Crippen LogP contribution in [0.5, 0.6) is 0 Å². The number of thiophene rings is 1. The van der Waals surface area contributed by atoms with Crippen molar-refractivity contribution in [2.75, 3.05) is 13.1 Å². The maximum atomic E-state index is 4.43. The fourth-order valence-electron chi connectivity index (χ4n) is 2.83. The molecule has 0 amide bonds. The van der Waals surface area contributed by atoms with Gasteiger partial charge in [0.05, 0.1) is 11.7 Å². The summed E-state index contributed by atoms with van der Waals surface area (Å²) in [5.41, 5.74) is 2.68. The second kappa shape index (κ2) is 2.99. The zero-order valence-electron chi connectivity index (χ0n) is 8.27. The van der Waals surface area contributed by atoms with Crippen LogP contribution in [-0.2, 0) is 6.54 Å². The van der Waals surface area contributed by atoms with E-state index >= 15 is 0 Å². The van der Waals surface area contributed by atoms with Crippen LogP contribution in [0.25, 0.3) is 10.3 Å². The van der Waals surface area contributed by atoms with Crippen molar-refractivity contribution in [2.45, 2.75) is 25.3 Å². The molecule has 0 N–H and O–H groups in total. The summed E-state index contributed by atoms with van der Waals surface area (Å²) in [6, 6.07) is 0. The summed E-state index contributed by atoms with van der Waals surface area (Å²) in [6.45, 7) is 3.64. The number of rotatable bonds is 0. The summed E-state index contributed by atoms with van der Waals surface area (Å²) in [4.78, 5) is 5.32. The first-order valence-electron chi connectivity index (χ1n) is 5.38. The molecule has 0 spiro atoms. The largest absolute Gasteiger partial charge is 0.298 e. The third-order valence-corrected chi connectivity index (χ3v) is 5.43. The molecule has 2 aromatic rings. The maximum Gasteiger partial charge on any atom is 0.158 e. The summed E-state index contributed by atoms with van der Waals surface area (Å²) in [5.74, 6) is 0.772. The summed E-state index contributed by atoms with van der Waals surface area (Å²) < 4.78 is 8.80. The average Bonchev–Trinajstić information content (AvgIpc) is 2.80. The molecule has 3 nitrogen and oxygen atoms in total. The molecule has 0 aliphatic carbocycles. The van der Waals surface area contributed by atoms with Crippen LogP contribution in [-0.4, -0.2) is 26.7 Å². The fourth-order valence-corrected chi connectivity index (χ4v) is 4.74. The van der Waals surface area contributed by atoms with Crippen LogP contribution in [0.4, 0.5) is 0 Å². The highest BCUT2D eigenvalue weighted by Crippen LogP contribution is 2.43. The first-order chi connectivity index (χ1) is 7.42. The molecule has 15 heavy (non-hydrogen) atoms. The molecule has 4 rings (SSSR count). The Labute approximate surface area is 96.1 Å². The van der Waals surface area contributed by atoms with E-state index < -0.39 is 0 Å². The Morgan fingerprint density at radius 3 is 3.33 bits per heavy atom. The zero-order valence-corrected chi connectivity index (χ0v) is 9.90. The molecule has 0 saturated carbocycles. The minimum Gasteiger partial charge on any atom is -0.298 e. The zero-order chi connectivity index (χ0) is 9.83. The van der Waals surface area contributed by atoms with Crippen LogP contribution >= 0.6 is 23.1 Å². The summed E-state index contributed by atoms with van der Waals surface area (Å²) in [5, 5.41) is 0. The minimum absolute atomic E-state index is 0.772. The van der Waals surface area contributed by atoms with Gasteiger partial charge in [0.2, 0.25) is 0 Å². The number of hydrogen-bond donors (Lipinski definition) is 0. The molecule has 1 saturated heterocycles. The Balaban J connectivity index is 1.96. The highest BCUT2D eigenvalue weighted by atomic mass is 32.1. The molecule has 2 atom stereocenters. The first-order valence-corrected chi connectivity index (χ1v) is 6.92. The van der Waals surface area contributed by atoms with Crippen LogP contribution in [0.2, 0.25) is 0 Å². The first kappa shape index (κ1) is 8.61. The van der Waals surface area contributed by atoms with E-state index in [-0.39, 0.29) is 0 Å². The Morgan fingerprint density at radius 2 is 2.33 bits per heavy atom. The predicted octanol–water partition coefficient (Wildman–Crippen LogP) is 2.45. The van der Waals surface area contributed by atoms with E-state index in [2.05, 4.69) is 13.6 Å². The molecule has 1 fully saturated rings. The van der Waals surface area contributed by atoms with Crippen molar-refractivity contribution in [2.24, 2.45) is 0 Å². The van der Waals surface area contributed by atoms with Gasteiger partial charge in [0.1, 0.15) is 5.52 Å². The van der Waals surface area contributed by atoms with Gasteiger partial charge in [0.15, 0.2) is 4.83 Å². The quantitative estimate of drug-likeness (QED) is 0.704. The van der Waals surface area contributed by atoms with E-state index in [0.29, 0.717) is 0 Å². The van der Waals surface area contributed by atoms with E-state index in [9.17, 15) is 0 Å². The summed E-state index contributed by atoms with van der Waals surface area (Å²) >= 11 is 3.24. The van der Waals surface area contributed by atoms with Gasteiger partial charge in [-0.15, -0.1) is 11.3 Å². The monoisotopic (exact) mass is 237 g/mol. The van der Waals surface area contributed by atoms with Gasteiger partial charge in [-0.1, -0.05) is 0 Å². The molecule has 5 heteroatoms. The topological polar surface area (TPSA) is 29.0 Å². The second-order valence-electron chi connectivity index (χ2n) is 4.44. The van der Waals surface area contributed by atoms with Gasteiger partial charge in [-0.25, -0.2) is 0 Å². The van der Waals surface area contributed by atoms with Crippen molar-refractivity contribution in [3.05, 3.63) is 10.4 Å². The molecule has 4 heterocycles. The molecule has 0 radical (unpaired) electrons. The fraction of sp³-hybridized carbons (Fsp3) is 0.600. The van der Waals surface area contributed by atoms with E-state index in [0.717, 1.165) is 12.5 Å². The van der Waals surface area contributed by atoms with Crippen molar-refractivity contribution in [3.8, 4) is 0 Å². The Bertz CT molecular complexity index is 516. The SMILES string of the molecule is C1CC2CN(C1)Cc1c2sc2nsnc12. The highest BCUT2D eigenvalue weighted by molar-refractivity contribution is 7.20. The van der Waals surface area contributed by atoms with E-state index in [1.807, 2.05) is 11.3 Å². The van der Waals surface area contributed by atoms with E-state index in [1.165, 1.54) is 53.6 Å². The van der Waals surface area contributed by atoms with Crippen molar-refractivity contribution in [1.29, 1.82) is 0 Å². The lowest BCUT2D eigenvalue weighted by molar-refractivity contribution is 0.185. The van der Waals surface area contributed by atoms with Gasteiger partial charge in [0, 0.05) is 29.4 Å². The van der Waals surface area contributed by atoms with Crippen LogP contribution in [0.15, 0.2) is 0 Å². The maximum absolute atomic E-state index is 4.43. The molecule has 78 valence electrons. The normalized spacial score (nSPS) is 29.3. The van der Waals surface area contributed by atoms with Gasteiger partial charge in [-0.2, -0.15) is 8.75 Å². The van der Waals surface area contributed by atoms with Crippen LogP contribution in [0, 0.1) is 0 Å². The Kier molecular flexibility index (Phi) is 1.72. The number of fused-ring (bicyclic) bond motifs is 6. The second-order valence-corrected chi connectivity index (χ2v) is 6.00. The lowest BCUT2D eigenvalue weighted by atomic mass is 9.90. The van der Waals surface area contributed by atoms with E-state index in [1.54, 1.807) is 4.88 Å². The van der Waals surface area contributed by atoms with Crippen molar-refractivity contribution in [1.82, 2.24) is 13.6 Å². The Morgan fingerprint density at radius 1 is 1.33 bits per heavy atom. The molecule has 2 unspecified atom stereocenters. The van der Waals surface area contributed by atoms with Gasteiger partial charge < -0.3 is 0 Å². The Hall–Kier alpha value is -0.520. The molecule has 2 bridgehead atoms. The third-order valence-electron chi connectivity index (χ3n) is 3.51. The minimum atomic E-state index is 0.772. The lowest BCUT2D eigenvalue weighted by Crippen LogP contribution is -2.37.